The van der Waals surface area contributed by atoms with Crippen LogP contribution in [0.5, 0.6) is 0 Å². The van der Waals surface area contributed by atoms with Gasteiger partial charge in [0.1, 0.15) is 0 Å². The summed E-state index contributed by atoms with van der Waals surface area (Å²) >= 11 is 0. The molecule has 2 aromatic heterocycles. The number of rotatable bonds is 1. The summed E-state index contributed by atoms with van der Waals surface area (Å²) in [6.45, 7) is 0. The maximum atomic E-state index is 12.9. The van der Waals surface area contributed by atoms with Gasteiger partial charge in [-0.2, -0.15) is 18.3 Å². The molecular formula is C20H13F3N4. The molecule has 0 spiro atoms. The molecule has 0 radical (unpaired) electrons. The van der Waals surface area contributed by atoms with Crippen LogP contribution < -0.4 is 5.32 Å². The second kappa shape index (κ2) is 5.57. The van der Waals surface area contributed by atoms with Gasteiger partial charge in [0.05, 0.1) is 17.8 Å². The number of H-pyrrole nitrogens is 1. The number of aromatic amines is 1. The van der Waals surface area contributed by atoms with Crippen LogP contribution in [0, 0.1) is 0 Å². The first-order valence-corrected chi connectivity index (χ1v) is 8.38. The zero-order valence-electron chi connectivity index (χ0n) is 13.9. The number of benzene rings is 2. The van der Waals surface area contributed by atoms with E-state index < -0.39 is 11.7 Å². The van der Waals surface area contributed by atoms with Crippen LogP contribution in [-0.4, -0.2) is 15.2 Å². The van der Waals surface area contributed by atoms with Crippen LogP contribution in [0.25, 0.3) is 22.2 Å². The first-order valence-electron chi connectivity index (χ1n) is 8.38. The molecule has 1 aliphatic rings. The molecule has 1 aliphatic heterocycles. The summed E-state index contributed by atoms with van der Waals surface area (Å²) in [5.74, 6) is 0. The number of anilines is 1. The molecule has 4 aromatic rings. The summed E-state index contributed by atoms with van der Waals surface area (Å²) in [4.78, 5) is 3.12. The van der Waals surface area contributed by atoms with E-state index in [1.807, 2.05) is 30.5 Å². The number of halogens is 3. The predicted octanol–water partition coefficient (Wildman–Crippen LogP) is 5.16. The van der Waals surface area contributed by atoms with Gasteiger partial charge in [-0.3, -0.25) is 0 Å². The summed E-state index contributed by atoms with van der Waals surface area (Å²) in [6, 6.07) is 12.8. The van der Waals surface area contributed by atoms with E-state index >= 15 is 0 Å². The predicted molar refractivity (Wildman–Crippen MR) is 96.2 cm³/mol. The lowest BCUT2D eigenvalue weighted by Crippen LogP contribution is -2.12. The minimum Gasteiger partial charge on any atom is -0.374 e. The van der Waals surface area contributed by atoms with Crippen LogP contribution in [0.3, 0.4) is 0 Å². The molecule has 7 heteroatoms. The van der Waals surface area contributed by atoms with Crippen molar-refractivity contribution < 1.29 is 13.2 Å². The Labute approximate surface area is 152 Å². The van der Waals surface area contributed by atoms with Gasteiger partial charge in [-0.15, -0.1) is 5.10 Å². The normalized spacial score (nSPS) is 15.9. The van der Waals surface area contributed by atoms with E-state index in [-0.39, 0.29) is 6.04 Å². The average molecular weight is 366 g/mol. The molecule has 0 saturated carbocycles. The van der Waals surface area contributed by atoms with Crippen molar-refractivity contribution in [2.75, 3.05) is 5.32 Å². The lowest BCUT2D eigenvalue weighted by molar-refractivity contribution is -0.137. The van der Waals surface area contributed by atoms with Crippen molar-refractivity contribution >= 4 is 16.7 Å². The molecule has 1 unspecified atom stereocenters. The van der Waals surface area contributed by atoms with Gasteiger partial charge in [-0.05, 0) is 23.8 Å². The largest absolute Gasteiger partial charge is 0.416 e. The fraction of sp³-hybridized carbons (Fsp3) is 0.100. The van der Waals surface area contributed by atoms with Crippen LogP contribution in [-0.2, 0) is 6.18 Å². The van der Waals surface area contributed by atoms with Gasteiger partial charge >= 0.3 is 6.18 Å². The SMILES string of the molecule is FC(F)(F)c1ccc(C2Nc3ccccc3-c3cnnc4[nH]cc2c34)cc1. The Kier molecular flexibility index (Phi) is 3.28. The molecule has 134 valence electrons. The molecule has 1 atom stereocenters. The summed E-state index contributed by atoms with van der Waals surface area (Å²) < 4.78 is 38.8. The molecule has 4 nitrogen and oxygen atoms in total. The summed E-state index contributed by atoms with van der Waals surface area (Å²) in [5.41, 5.74) is 4.47. The minimum absolute atomic E-state index is 0.312. The molecular weight excluding hydrogens is 353 g/mol. The standard InChI is InChI=1S/C20H13F3N4/c21-20(22,23)12-7-5-11(6-8-12)18-15-9-24-19-17(15)14(10-25-27-19)13-3-1-2-4-16(13)26-18/h1-10,18,26H,(H,24,27). The average Bonchev–Trinajstić information content (AvgIpc) is 3.03. The summed E-state index contributed by atoms with van der Waals surface area (Å²) in [7, 11) is 0. The number of fused-ring (bicyclic) bond motifs is 2. The summed E-state index contributed by atoms with van der Waals surface area (Å²) in [5, 5.41) is 12.6. The number of nitrogens with zero attached hydrogens (tertiary/aromatic N) is 2. The van der Waals surface area contributed by atoms with E-state index in [0.717, 1.165) is 45.5 Å². The van der Waals surface area contributed by atoms with Crippen molar-refractivity contribution in [3.8, 4) is 11.1 Å². The maximum absolute atomic E-state index is 12.9. The fourth-order valence-corrected chi connectivity index (χ4v) is 3.63. The highest BCUT2D eigenvalue weighted by atomic mass is 19.4. The Morgan fingerprint density at radius 1 is 0.926 bits per heavy atom. The number of hydrogen-bond donors (Lipinski definition) is 2. The lowest BCUT2D eigenvalue weighted by Gasteiger charge is -2.20. The Bertz CT molecular complexity index is 1150. The first-order chi connectivity index (χ1) is 13.0. The zero-order chi connectivity index (χ0) is 18.6. The molecule has 0 aliphatic carbocycles. The van der Waals surface area contributed by atoms with Gasteiger partial charge < -0.3 is 10.3 Å². The van der Waals surface area contributed by atoms with Crippen LogP contribution in [0.2, 0.25) is 0 Å². The Hall–Kier alpha value is -3.35. The molecule has 0 saturated heterocycles. The molecule has 0 bridgehead atoms. The fourth-order valence-electron chi connectivity index (χ4n) is 3.63. The van der Waals surface area contributed by atoms with E-state index in [4.69, 9.17) is 0 Å². The van der Waals surface area contributed by atoms with E-state index in [0.29, 0.717) is 5.65 Å². The van der Waals surface area contributed by atoms with E-state index in [9.17, 15) is 13.2 Å². The molecule has 27 heavy (non-hydrogen) atoms. The lowest BCUT2D eigenvalue weighted by atomic mass is 9.97. The topological polar surface area (TPSA) is 53.6 Å². The van der Waals surface area contributed by atoms with Crippen LogP contribution in [0.15, 0.2) is 60.9 Å². The molecule has 0 fully saturated rings. The van der Waals surface area contributed by atoms with E-state index in [1.54, 1.807) is 6.20 Å². The van der Waals surface area contributed by atoms with Gasteiger partial charge in [0.15, 0.2) is 5.65 Å². The highest BCUT2D eigenvalue weighted by Crippen LogP contribution is 2.43. The van der Waals surface area contributed by atoms with Crippen molar-refractivity contribution in [3.63, 3.8) is 0 Å². The van der Waals surface area contributed by atoms with Crippen LogP contribution in [0.4, 0.5) is 18.9 Å². The van der Waals surface area contributed by atoms with Gasteiger partial charge in [0, 0.05) is 34.0 Å². The second-order valence-corrected chi connectivity index (χ2v) is 6.47. The molecule has 5 rings (SSSR count). The number of hydrogen-bond acceptors (Lipinski definition) is 3. The van der Waals surface area contributed by atoms with Crippen LogP contribution >= 0.6 is 0 Å². The zero-order valence-corrected chi connectivity index (χ0v) is 13.9. The third-order valence-electron chi connectivity index (χ3n) is 4.90. The van der Waals surface area contributed by atoms with Gasteiger partial charge in [-0.1, -0.05) is 30.3 Å². The van der Waals surface area contributed by atoms with Gasteiger partial charge in [-0.25, -0.2) is 0 Å². The molecule has 2 aromatic carbocycles. The number of para-hydroxylation sites is 1. The van der Waals surface area contributed by atoms with E-state index in [2.05, 4.69) is 20.5 Å². The number of aromatic nitrogens is 3. The van der Waals surface area contributed by atoms with Gasteiger partial charge in [0.2, 0.25) is 0 Å². The van der Waals surface area contributed by atoms with Crippen molar-refractivity contribution in [2.45, 2.75) is 12.2 Å². The Morgan fingerprint density at radius 3 is 2.48 bits per heavy atom. The quantitative estimate of drug-likeness (QED) is 0.489. The van der Waals surface area contributed by atoms with Crippen molar-refractivity contribution in [2.24, 2.45) is 0 Å². The van der Waals surface area contributed by atoms with Crippen molar-refractivity contribution in [1.29, 1.82) is 0 Å². The highest BCUT2D eigenvalue weighted by Gasteiger charge is 2.31. The Morgan fingerprint density at radius 2 is 1.70 bits per heavy atom. The van der Waals surface area contributed by atoms with Crippen LogP contribution in [0.1, 0.15) is 22.7 Å². The van der Waals surface area contributed by atoms with Gasteiger partial charge in [0.25, 0.3) is 0 Å². The Balaban J connectivity index is 1.72. The number of alkyl halides is 3. The highest BCUT2D eigenvalue weighted by molar-refractivity contribution is 6.00. The second-order valence-electron chi connectivity index (χ2n) is 6.47. The third-order valence-corrected chi connectivity index (χ3v) is 4.90. The molecule has 3 heterocycles. The van der Waals surface area contributed by atoms with Crippen molar-refractivity contribution in [1.82, 2.24) is 15.2 Å². The molecule has 0 amide bonds. The smallest absolute Gasteiger partial charge is 0.374 e. The molecule has 2 N–H and O–H groups in total. The minimum atomic E-state index is -4.36. The summed E-state index contributed by atoms with van der Waals surface area (Å²) in [6.07, 6.45) is -0.801. The first kappa shape index (κ1) is 15.9. The number of nitrogens with one attached hydrogen (secondary N) is 2. The van der Waals surface area contributed by atoms with E-state index in [1.165, 1.54) is 12.1 Å². The maximum Gasteiger partial charge on any atom is 0.416 e. The third kappa shape index (κ3) is 2.46. The van der Waals surface area contributed by atoms with Crippen molar-refractivity contribution in [3.05, 3.63) is 77.6 Å². The monoisotopic (exact) mass is 366 g/mol.